The molecular weight excluding hydrogens is 666 g/mol. The lowest BCUT2D eigenvalue weighted by atomic mass is 9.99. The van der Waals surface area contributed by atoms with E-state index in [0.717, 1.165) is 33.7 Å². The number of ether oxygens (including phenoxy) is 7. The number of allylic oxidation sites excluding steroid dienone is 1. The van der Waals surface area contributed by atoms with Crippen molar-refractivity contribution >= 4 is 17.3 Å². The maximum Gasteiger partial charge on any atom is 0.255 e. The molecule has 0 aliphatic carbocycles. The molecule has 0 radical (unpaired) electrons. The van der Waals surface area contributed by atoms with Crippen LogP contribution in [0.25, 0.3) is 0 Å². The Bertz CT molecular complexity index is 1970. The topological polar surface area (TPSA) is 127 Å². The molecule has 52 heavy (non-hydrogen) atoms. The zero-order chi connectivity index (χ0) is 36.8. The number of methoxy groups -OCH3 is 5. The predicted octanol–water partition coefficient (Wildman–Crippen LogP) is 7.51. The van der Waals surface area contributed by atoms with E-state index < -0.39 is 6.17 Å². The van der Waals surface area contributed by atoms with E-state index in [4.69, 9.17) is 38.0 Å². The summed E-state index contributed by atoms with van der Waals surface area (Å²) in [5.74, 6) is 4.25. The number of nitrogens with zero attached hydrogens (tertiary/aromatic N) is 1. The highest BCUT2D eigenvalue weighted by Gasteiger charge is 2.28. The van der Waals surface area contributed by atoms with E-state index in [1.54, 1.807) is 35.5 Å². The minimum atomic E-state index is -0.405. The van der Waals surface area contributed by atoms with Crippen molar-refractivity contribution in [2.45, 2.75) is 38.5 Å². The first-order valence-electron chi connectivity index (χ1n) is 16.8. The van der Waals surface area contributed by atoms with Crippen LogP contribution in [-0.4, -0.2) is 53.8 Å². The second kappa shape index (κ2) is 15.9. The van der Waals surface area contributed by atoms with E-state index in [-0.39, 0.29) is 12.0 Å². The van der Waals surface area contributed by atoms with Gasteiger partial charge in [-0.2, -0.15) is 0 Å². The smallest absolute Gasteiger partial charge is 0.255 e. The van der Waals surface area contributed by atoms with Gasteiger partial charge in [0.25, 0.3) is 5.91 Å². The number of hydrogen-bond donors (Lipinski definition) is 2. The molecule has 1 amide bonds. The first-order valence-corrected chi connectivity index (χ1v) is 16.8. The van der Waals surface area contributed by atoms with Gasteiger partial charge in [0.1, 0.15) is 6.17 Å². The van der Waals surface area contributed by atoms with Gasteiger partial charge in [0.05, 0.1) is 59.2 Å². The van der Waals surface area contributed by atoms with Crippen molar-refractivity contribution in [2.75, 3.05) is 47.5 Å². The third kappa shape index (κ3) is 7.65. The second-order valence-corrected chi connectivity index (χ2v) is 12.3. The fraction of sp³-hybridized carbons (Fsp3) is 0.300. The molecule has 6 rings (SSSR count). The molecule has 272 valence electrons. The van der Waals surface area contributed by atoms with Crippen LogP contribution in [0, 0.1) is 6.92 Å². The Morgan fingerprint density at radius 1 is 0.788 bits per heavy atom. The molecule has 0 fully saturated rings. The van der Waals surface area contributed by atoms with Crippen molar-refractivity contribution in [2.24, 2.45) is 5.16 Å². The number of carbonyl (C=O) groups excluding carboxylic acids is 1. The highest BCUT2D eigenvalue weighted by atomic mass is 16.6. The Hall–Kier alpha value is -6.04. The number of rotatable bonds is 15. The molecule has 2 unspecified atom stereocenters. The van der Waals surface area contributed by atoms with Gasteiger partial charge in [0, 0.05) is 24.1 Å². The van der Waals surface area contributed by atoms with Crippen LogP contribution in [-0.2, 0) is 4.84 Å². The van der Waals surface area contributed by atoms with Gasteiger partial charge in [-0.1, -0.05) is 35.5 Å². The number of nitrogens with one attached hydrogen (secondary N) is 2. The Labute approximate surface area is 303 Å². The fourth-order valence-electron chi connectivity index (χ4n) is 6.13. The van der Waals surface area contributed by atoms with Gasteiger partial charge >= 0.3 is 0 Å². The summed E-state index contributed by atoms with van der Waals surface area (Å²) < 4.78 is 39.9. The predicted molar refractivity (Wildman–Crippen MR) is 197 cm³/mol. The van der Waals surface area contributed by atoms with E-state index in [1.165, 1.54) is 0 Å². The van der Waals surface area contributed by atoms with Crippen LogP contribution in [0.2, 0.25) is 0 Å². The Kier molecular flexibility index (Phi) is 10.9. The van der Waals surface area contributed by atoms with E-state index in [9.17, 15) is 4.79 Å². The number of benzene rings is 4. The summed E-state index contributed by atoms with van der Waals surface area (Å²) in [7, 11) is 7.89. The molecule has 2 aliphatic rings. The number of amides is 1. The van der Waals surface area contributed by atoms with Crippen LogP contribution in [0.1, 0.15) is 64.1 Å². The molecule has 4 aromatic carbocycles. The minimum Gasteiger partial charge on any atom is -0.493 e. The molecule has 0 saturated carbocycles. The number of hydrogen-bond acceptors (Lipinski definition) is 11. The van der Waals surface area contributed by atoms with E-state index >= 15 is 0 Å². The molecule has 2 atom stereocenters. The summed E-state index contributed by atoms with van der Waals surface area (Å²) >= 11 is 0. The van der Waals surface area contributed by atoms with Gasteiger partial charge in [-0.15, -0.1) is 0 Å². The van der Waals surface area contributed by atoms with Gasteiger partial charge in [0.15, 0.2) is 40.6 Å². The van der Waals surface area contributed by atoms with Gasteiger partial charge in [0.2, 0.25) is 5.75 Å². The molecule has 2 aliphatic heterocycles. The van der Waals surface area contributed by atoms with Crippen LogP contribution in [0.5, 0.6) is 40.2 Å². The summed E-state index contributed by atoms with van der Waals surface area (Å²) in [5.41, 5.74) is 5.70. The Morgan fingerprint density at radius 3 is 2.19 bits per heavy atom. The zero-order valence-electron chi connectivity index (χ0n) is 30.2. The van der Waals surface area contributed by atoms with Crippen molar-refractivity contribution < 1.29 is 42.8 Å². The van der Waals surface area contributed by atoms with Crippen molar-refractivity contribution in [3.05, 3.63) is 107 Å². The molecule has 0 spiro atoms. The molecule has 12 heteroatoms. The maximum atomic E-state index is 12.8. The lowest BCUT2D eigenvalue weighted by Crippen LogP contribution is -2.38. The molecule has 12 nitrogen and oxygen atoms in total. The summed E-state index contributed by atoms with van der Waals surface area (Å²) in [5, 5.41) is 10.8. The van der Waals surface area contributed by atoms with Crippen LogP contribution in [0.4, 0.5) is 5.69 Å². The largest absolute Gasteiger partial charge is 0.493 e. The quantitative estimate of drug-likeness (QED) is 0.0946. The fourth-order valence-corrected chi connectivity index (χ4v) is 6.13. The molecule has 0 aromatic heterocycles. The third-order valence-corrected chi connectivity index (χ3v) is 8.85. The Morgan fingerprint density at radius 2 is 1.48 bits per heavy atom. The summed E-state index contributed by atoms with van der Waals surface area (Å²) in [4.78, 5) is 18.6. The van der Waals surface area contributed by atoms with Crippen molar-refractivity contribution in [1.29, 1.82) is 0 Å². The minimum absolute atomic E-state index is 0.129. The number of anilines is 1. The van der Waals surface area contributed by atoms with Crippen LogP contribution >= 0.6 is 0 Å². The van der Waals surface area contributed by atoms with Gasteiger partial charge < -0.3 is 48.6 Å². The van der Waals surface area contributed by atoms with E-state index in [0.29, 0.717) is 77.4 Å². The van der Waals surface area contributed by atoms with Gasteiger partial charge in [-0.05, 0) is 73.0 Å². The number of oxime groups is 1. The first-order chi connectivity index (χ1) is 25.2. The highest BCUT2D eigenvalue weighted by molar-refractivity contribution is 6.03. The molecule has 4 aromatic rings. The highest BCUT2D eigenvalue weighted by Crippen LogP contribution is 2.41. The Balaban J connectivity index is 1.03. The summed E-state index contributed by atoms with van der Waals surface area (Å²) in [6, 6.07) is 20.7. The summed E-state index contributed by atoms with van der Waals surface area (Å²) in [6.07, 6.45) is 0.958. The zero-order valence-corrected chi connectivity index (χ0v) is 30.2. The summed E-state index contributed by atoms with van der Waals surface area (Å²) in [6.45, 7) is 6.49. The molecule has 0 saturated heterocycles. The average molecular weight is 710 g/mol. The second-order valence-electron chi connectivity index (χ2n) is 12.3. The SMILES string of the molecule is C=C(CCCOc1ccc(C2NC(=O)c3cc(C)ccc3N2)cc1OC)Oc1cc(C2CC(c3cc(OC)c(OC)c(OC)c3)=NO2)ccc1OC. The van der Waals surface area contributed by atoms with E-state index in [1.807, 2.05) is 73.7 Å². The molecule has 2 heterocycles. The molecular formula is C40H43N3O9. The van der Waals surface area contributed by atoms with Crippen LogP contribution in [0.15, 0.2) is 84.2 Å². The van der Waals surface area contributed by atoms with E-state index in [2.05, 4.69) is 22.4 Å². The van der Waals surface area contributed by atoms with Crippen molar-refractivity contribution in [1.82, 2.24) is 5.32 Å². The average Bonchev–Trinajstić information content (AvgIpc) is 3.66. The third-order valence-electron chi connectivity index (χ3n) is 8.85. The molecule has 2 N–H and O–H groups in total. The maximum absolute atomic E-state index is 12.8. The lowest BCUT2D eigenvalue weighted by Gasteiger charge is -2.28. The molecule has 0 bridgehead atoms. The lowest BCUT2D eigenvalue weighted by molar-refractivity contribution is 0.0855. The van der Waals surface area contributed by atoms with Gasteiger partial charge in [-0.25, -0.2) is 0 Å². The van der Waals surface area contributed by atoms with Crippen LogP contribution in [0.3, 0.4) is 0 Å². The normalized spacial score (nSPS) is 16.0. The standard InChI is InChI=1S/C40H43N3O9/c1-23-10-13-29-28(17-23)40(44)42-39(41-29)26-12-15-32(34(19-26)46-4)50-16-8-9-24(2)51-35-18-25(11-14-31(35)45-3)33-22-30(43-52-33)27-20-36(47-5)38(49-7)37(21-27)48-6/h10-15,17-21,33,39,41H,2,8-9,16,22H2,1,3-7H3,(H,42,44). The number of aryl methyl sites for hydroxylation is 1. The van der Waals surface area contributed by atoms with Crippen molar-refractivity contribution in [3.8, 4) is 40.2 Å². The van der Waals surface area contributed by atoms with Gasteiger partial charge in [-0.3, -0.25) is 4.79 Å². The number of carbonyl (C=O) groups is 1. The van der Waals surface area contributed by atoms with Crippen molar-refractivity contribution in [3.63, 3.8) is 0 Å². The monoisotopic (exact) mass is 709 g/mol. The van der Waals surface area contributed by atoms with Crippen LogP contribution < -0.4 is 43.8 Å². The first kappa shape index (κ1) is 35.8. The number of fused-ring (bicyclic) bond motifs is 1.